The number of thiophene rings is 2. The van der Waals surface area contributed by atoms with Crippen LogP contribution in [0.4, 0.5) is 5.69 Å². The zero-order valence-corrected chi connectivity index (χ0v) is 16.9. The highest BCUT2D eigenvalue weighted by atomic mass is 32.1. The first-order chi connectivity index (χ1) is 14.1. The van der Waals surface area contributed by atoms with Gasteiger partial charge in [-0.1, -0.05) is 18.2 Å². The maximum atomic E-state index is 13.3. The number of nitrogens with zero attached hydrogens (tertiary/aromatic N) is 1. The molecule has 3 aromatic rings. The number of hydrogen-bond donors (Lipinski definition) is 2. The molecule has 0 unspecified atom stereocenters. The van der Waals surface area contributed by atoms with Crippen LogP contribution in [0.2, 0.25) is 0 Å². The van der Waals surface area contributed by atoms with Crippen molar-refractivity contribution in [2.75, 3.05) is 11.9 Å². The molecule has 0 bridgehead atoms. The van der Waals surface area contributed by atoms with Crippen LogP contribution < -0.4 is 10.6 Å². The Kier molecular flexibility index (Phi) is 4.44. The van der Waals surface area contributed by atoms with Gasteiger partial charge in [0.2, 0.25) is 5.91 Å². The summed E-state index contributed by atoms with van der Waals surface area (Å²) in [5.41, 5.74) is 1.94. The standard InChI is InChI=1S/C21H17N3O3S2/c25-19(17-4-2-10-29-17)23-15-7-8-24-18(15)20(26)22-14-6-5-12(11-13(14)21(24)27)16-3-1-9-28-16/h1-6,9-11,15,18H,7-8H2,(H,22,26)(H,23,25)/t15-,18-/m0/s1. The van der Waals surface area contributed by atoms with Crippen molar-refractivity contribution in [2.24, 2.45) is 0 Å². The van der Waals surface area contributed by atoms with E-state index in [4.69, 9.17) is 0 Å². The summed E-state index contributed by atoms with van der Waals surface area (Å²) in [7, 11) is 0. The second-order valence-corrected chi connectivity index (χ2v) is 8.91. The zero-order valence-electron chi connectivity index (χ0n) is 15.3. The molecule has 5 rings (SSSR count). The molecule has 146 valence electrons. The predicted molar refractivity (Wildman–Crippen MR) is 113 cm³/mol. The summed E-state index contributed by atoms with van der Waals surface area (Å²) in [6.45, 7) is 0.426. The Bertz CT molecular complexity index is 1090. The fraction of sp³-hybridized carbons (Fsp3) is 0.190. The minimum atomic E-state index is -0.719. The number of rotatable bonds is 3. The maximum absolute atomic E-state index is 13.3. The van der Waals surface area contributed by atoms with Crippen molar-refractivity contribution in [2.45, 2.75) is 18.5 Å². The monoisotopic (exact) mass is 423 g/mol. The van der Waals surface area contributed by atoms with Crippen LogP contribution in [0.3, 0.4) is 0 Å². The molecule has 1 saturated heterocycles. The fourth-order valence-electron chi connectivity index (χ4n) is 3.93. The minimum absolute atomic E-state index is 0.186. The quantitative estimate of drug-likeness (QED) is 0.677. The Morgan fingerprint density at radius 3 is 2.69 bits per heavy atom. The normalized spacial score (nSPS) is 20.6. The van der Waals surface area contributed by atoms with E-state index < -0.39 is 12.1 Å². The number of benzene rings is 1. The molecule has 1 aromatic carbocycles. The highest BCUT2D eigenvalue weighted by Crippen LogP contribution is 2.33. The number of fused-ring (bicyclic) bond motifs is 2. The molecule has 1 fully saturated rings. The summed E-state index contributed by atoms with van der Waals surface area (Å²) in [5, 5.41) is 9.65. The minimum Gasteiger partial charge on any atom is -0.346 e. The Labute approximate surface area is 175 Å². The van der Waals surface area contributed by atoms with Crippen LogP contribution in [-0.4, -0.2) is 41.2 Å². The Morgan fingerprint density at radius 1 is 1.10 bits per heavy atom. The molecule has 2 atom stereocenters. The van der Waals surface area contributed by atoms with Gasteiger partial charge in [-0.3, -0.25) is 14.4 Å². The first-order valence-electron chi connectivity index (χ1n) is 9.26. The molecule has 0 saturated carbocycles. The molecule has 29 heavy (non-hydrogen) atoms. The highest BCUT2D eigenvalue weighted by Gasteiger charge is 2.45. The van der Waals surface area contributed by atoms with Crippen molar-refractivity contribution < 1.29 is 14.4 Å². The van der Waals surface area contributed by atoms with Crippen molar-refractivity contribution in [1.82, 2.24) is 10.2 Å². The average molecular weight is 424 g/mol. The predicted octanol–water partition coefficient (Wildman–Crippen LogP) is 3.44. The molecule has 2 aromatic heterocycles. The summed E-state index contributed by atoms with van der Waals surface area (Å²) in [5.74, 6) is -0.668. The Morgan fingerprint density at radius 2 is 1.93 bits per heavy atom. The van der Waals surface area contributed by atoms with Crippen LogP contribution in [0, 0.1) is 0 Å². The van der Waals surface area contributed by atoms with E-state index in [0.29, 0.717) is 29.1 Å². The summed E-state index contributed by atoms with van der Waals surface area (Å²) in [6.07, 6.45) is 0.543. The molecule has 2 aliphatic rings. The van der Waals surface area contributed by atoms with Crippen molar-refractivity contribution in [3.8, 4) is 10.4 Å². The van der Waals surface area contributed by atoms with E-state index in [0.717, 1.165) is 10.4 Å². The molecule has 0 aliphatic carbocycles. The van der Waals surface area contributed by atoms with Crippen LogP contribution >= 0.6 is 22.7 Å². The largest absolute Gasteiger partial charge is 0.346 e. The number of anilines is 1. The third-order valence-corrected chi connectivity index (χ3v) is 7.09. The number of carbonyl (C=O) groups is 3. The topological polar surface area (TPSA) is 78.5 Å². The van der Waals surface area contributed by atoms with E-state index >= 15 is 0 Å². The molecule has 2 N–H and O–H groups in total. The van der Waals surface area contributed by atoms with Crippen LogP contribution in [-0.2, 0) is 4.79 Å². The first-order valence-corrected chi connectivity index (χ1v) is 11.0. The first kappa shape index (κ1) is 18.1. The average Bonchev–Trinajstić information content (AvgIpc) is 3.47. The molecule has 4 heterocycles. The van der Waals surface area contributed by atoms with Gasteiger partial charge in [0, 0.05) is 11.4 Å². The van der Waals surface area contributed by atoms with Gasteiger partial charge in [0.25, 0.3) is 11.8 Å². The molecular weight excluding hydrogens is 406 g/mol. The SMILES string of the molecule is O=C(N[C@H]1CCN2C(=O)c3cc(-c4cccs4)ccc3NC(=O)[C@H]12)c1cccs1. The number of hydrogen-bond acceptors (Lipinski definition) is 5. The van der Waals surface area contributed by atoms with E-state index in [2.05, 4.69) is 10.6 Å². The van der Waals surface area contributed by atoms with Crippen molar-refractivity contribution in [3.63, 3.8) is 0 Å². The van der Waals surface area contributed by atoms with Crippen LogP contribution in [0.25, 0.3) is 10.4 Å². The van der Waals surface area contributed by atoms with E-state index in [1.54, 1.807) is 28.4 Å². The third kappa shape index (κ3) is 3.14. The number of carbonyl (C=O) groups excluding carboxylic acids is 3. The van der Waals surface area contributed by atoms with E-state index in [-0.39, 0.29) is 17.7 Å². The zero-order chi connectivity index (χ0) is 20.0. The van der Waals surface area contributed by atoms with Gasteiger partial charge in [-0.15, -0.1) is 22.7 Å². The number of nitrogens with one attached hydrogen (secondary N) is 2. The van der Waals surface area contributed by atoms with E-state index in [9.17, 15) is 14.4 Å². The number of amides is 3. The lowest BCUT2D eigenvalue weighted by Gasteiger charge is -2.24. The maximum Gasteiger partial charge on any atom is 0.261 e. The summed E-state index contributed by atoms with van der Waals surface area (Å²) >= 11 is 2.95. The van der Waals surface area contributed by atoms with E-state index in [1.165, 1.54) is 11.3 Å². The van der Waals surface area contributed by atoms with Crippen LogP contribution in [0.15, 0.2) is 53.2 Å². The van der Waals surface area contributed by atoms with Crippen LogP contribution in [0.5, 0.6) is 0 Å². The van der Waals surface area contributed by atoms with Gasteiger partial charge in [-0.25, -0.2) is 0 Å². The smallest absolute Gasteiger partial charge is 0.261 e. The fourth-order valence-corrected chi connectivity index (χ4v) is 5.28. The van der Waals surface area contributed by atoms with Gasteiger partial charge < -0.3 is 15.5 Å². The molecular formula is C21H17N3O3S2. The Balaban J connectivity index is 1.44. The Hall–Kier alpha value is -2.97. The van der Waals surface area contributed by atoms with Gasteiger partial charge in [0.1, 0.15) is 6.04 Å². The molecule has 2 aliphatic heterocycles. The summed E-state index contributed by atoms with van der Waals surface area (Å²) in [6, 6.07) is 11.9. The lowest BCUT2D eigenvalue weighted by Crippen LogP contribution is -2.51. The molecule has 6 nitrogen and oxygen atoms in total. The highest BCUT2D eigenvalue weighted by molar-refractivity contribution is 7.13. The van der Waals surface area contributed by atoms with Gasteiger partial charge in [-0.05, 0) is 47.0 Å². The molecule has 0 radical (unpaired) electrons. The van der Waals surface area contributed by atoms with Crippen molar-refractivity contribution in [1.29, 1.82) is 0 Å². The lowest BCUT2D eigenvalue weighted by atomic mass is 10.1. The lowest BCUT2D eigenvalue weighted by molar-refractivity contribution is -0.120. The molecule has 0 spiro atoms. The van der Waals surface area contributed by atoms with Gasteiger partial charge >= 0.3 is 0 Å². The second-order valence-electron chi connectivity index (χ2n) is 7.02. The van der Waals surface area contributed by atoms with Crippen molar-refractivity contribution in [3.05, 3.63) is 63.7 Å². The second kappa shape index (κ2) is 7.13. The molecule has 8 heteroatoms. The summed E-state index contributed by atoms with van der Waals surface area (Å²) in [4.78, 5) is 41.9. The van der Waals surface area contributed by atoms with Gasteiger partial charge in [-0.2, -0.15) is 0 Å². The third-order valence-electron chi connectivity index (χ3n) is 5.30. The van der Waals surface area contributed by atoms with Gasteiger partial charge in [0.05, 0.1) is 22.2 Å². The van der Waals surface area contributed by atoms with E-state index in [1.807, 2.05) is 41.1 Å². The van der Waals surface area contributed by atoms with Crippen molar-refractivity contribution >= 4 is 46.1 Å². The summed E-state index contributed by atoms with van der Waals surface area (Å²) < 4.78 is 0. The van der Waals surface area contributed by atoms with Gasteiger partial charge in [0.15, 0.2) is 0 Å². The van der Waals surface area contributed by atoms with Crippen LogP contribution in [0.1, 0.15) is 26.5 Å². The molecule has 3 amide bonds.